The molecular weight excluding hydrogens is 468 g/mol. The Kier molecular flexibility index (Phi) is 9.93. The lowest BCUT2D eigenvalue weighted by molar-refractivity contribution is -0.137. The highest BCUT2D eigenvalue weighted by molar-refractivity contribution is 7.19. The second kappa shape index (κ2) is 12.7. The van der Waals surface area contributed by atoms with E-state index in [1.807, 2.05) is 36.4 Å². The van der Waals surface area contributed by atoms with Gasteiger partial charge in [-0.05, 0) is 55.9 Å². The number of aryl methyl sites for hydroxylation is 1. The Morgan fingerprint density at radius 2 is 2.03 bits per heavy atom. The minimum Gasteiger partial charge on any atom is -0.481 e. The molecule has 34 heavy (non-hydrogen) atoms. The van der Waals surface area contributed by atoms with Crippen molar-refractivity contribution in [2.75, 3.05) is 0 Å². The van der Waals surface area contributed by atoms with Crippen LogP contribution in [0.2, 0.25) is 5.02 Å². The zero-order valence-electron chi connectivity index (χ0n) is 20.0. The molecule has 1 aromatic heterocycles. The number of hydrogen-bond donors (Lipinski definition) is 2. The predicted molar refractivity (Wildman–Crippen MR) is 140 cm³/mol. The number of Topliss-reactive ketones (excluding diaryl/α,β-unsaturated/α-hetero) is 1. The molecule has 1 saturated carbocycles. The van der Waals surface area contributed by atoms with Gasteiger partial charge in [0.1, 0.15) is 5.78 Å². The van der Waals surface area contributed by atoms with Gasteiger partial charge in [0, 0.05) is 33.7 Å². The number of aliphatic carboxylic acids is 1. The molecule has 184 valence electrons. The van der Waals surface area contributed by atoms with Gasteiger partial charge < -0.3 is 10.2 Å². The van der Waals surface area contributed by atoms with E-state index in [-0.39, 0.29) is 30.0 Å². The van der Waals surface area contributed by atoms with Crippen LogP contribution in [0.4, 0.5) is 0 Å². The molecule has 0 bridgehead atoms. The zero-order chi connectivity index (χ0) is 24.7. The molecular formula is C28H35ClO4S. The molecule has 4 nitrogen and oxygen atoms in total. The molecule has 3 rings (SSSR count). The van der Waals surface area contributed by atoms with Crippen LogP contribution in [-0.2, 0) is 16.0 Å². The summed E-state index contributed by atoms with van der Waals surface area (Å²) in [5.41, 5.74) is 0. The monoisotopic (exact) mass is 502 g/mol. The maximum atomic E-state index is 12.8. The molecule has 0 saturated heterocycles. The first-order valence-corrected chi connectivity index (χ1v) is 13.4. The van der Waals surface area contributed by atoms with Crippen LogP contribution in [0.3, 0.4) is 0 Å². The summed E-state index contributed by atoms with van der Waals surface area (Å²) < 4.78 is 1.16. The minimum atomic E-state index is -0.780. The highest BCUT2D eigenvalue weighted by Gasteiger charge is 2.41. The van der Waals surface area contributed by atoms with Gasteiger partial charge in [-0.1, -0.05) is 68.0 Å². The number of benzene rings is 1. The van der Waals surface area contributed by atoms with Crippen LogP contribution in [0.25, 0.3) is 10.1 Å². The van der Waals surface area contributed by atoms with Crippen LogP contribution in [-0.4, -0.2) is 28.1 Å². The van der Waals surface area contributed by atoms with E-state index in [9.17, 15) is 14.7 Å². The number of allylic oxidation sites excluding steroid dienone is 3. The fourth-order valence-electron chi connectivity index (χ4n) is 4.87. The Labute approximate surface area is 211 Å². The Hall–Kier alpha value is -1.95. The molecule has 1 aliphatic carbocycles. The van der Waals surface area contributed by atoms with Gasteiger partial charge in [0.05, 0.1) is 11.1 Å². The van der Waals surface area contributed by atoms with Gasteiger partial charge in [0.2, 0.25) is 0 Å². The number of fused-ring (bicyclic) bond motifs is 1. The molecule has 1 unspecified atom stereocenters. The maximum absolute atomic E-state index is 12.8. The molecule has 1 heterocycles. The summed E-state index contributed by atoms with van der Waals surface area (Å²) >= 11 is 8.22. The van der Waals surface area contributed by atoms with Crippen molar-refractivity contribution in [3.8, 4) is 0 Å². The number of rotatable bonds is 12. The quantitative estimate of drug-likeness (QED) is 0.240. The lowest BCUT2D eigenvalue weighted by atomic mass is 9.81. The second-order valence-corrected chi connectivity index (χ2v) is 11.1. The van der Waals surface area contributed by atoms with Gasteiger partial charge in [0.15, 0.2) is 0 Å². The Morgan fingerprint density at radius 3 is 2.74 bits per heavy atom. The number of carbonyl (C=O) groups is 2. The van der Waals surface area contributed by atoms with E-state index in [1.54, 1.807) is 11.3 Å². The van der Waals surface area contributed by atoms with Crippen molar-refractivity contribution in [2.24, 2.45) is 23.7 Å². The van der Waals surface area contributed by atoms with Crippen molar-refractivity contribution in [1.82, 2.24) is 0 Å². The number of thiophene rings is 1. The normalized spacial score (nSPS) is 22.0. The van der Waals surface area contributed by atoms with Gasteiger partial charge in [-0.25, -0.2) is 0 Å². The third-order valence-corrected chi connectivity index (χ3v) is 8.58. The van der Waals surface area contributed by atoms with Crippen molar-refractivity contribution in [1.29, 1.82) is 0 Å². The van der Waals surface area contributed by atoms with Crippen molar-refractivity contribution in [3.05, 3.63) is 58.5 Å². The number of unbranched alkanes of at least 4 members (excludes halogenated alkanes) is 1. The van der Waals surface area contributed by atoms with Gasteiger partial charge in [-0.2, -0.15) is 0 Å². The van der Waals surface area contributed by atoms with Crippen LogP contribution in [0.5, 0.6) is 0 Å². The number of hydrogen-bond acceptors (Lipinski definition) is 4. The largest absolute Gasteiger partial charge is 0.481 e. The molecule has 0 aliphatic heterocycles. The lowest BCUT2D eigenvalue weighted by Crippen LogP contribution is -2.19. The number of ketones is 1. The Morgan fingerprint density at radius 1 is 1.26 bits per heavy atom. The number of halogens is 1. The number of aliphatic hydroxyl groups excluding tert-OH is 1. The van der Waals surface area contributed by atoms with Gasteiger partial charge in [-0.3, -0.25) is 9.59 Å². The molecule has 1 fully saturated rings. The number of carboxylic acid groups (broad SMARTS) is 1. The number of carbonyl (C=O) groups excluding carboxylic acids is 1. The van der Waals surface area contributed by atoms with Crippen LogP contribution >= 0.6 is 22.9 Å². The standard InChI is InChI=1S/C28H35ClO4S/c1-18(2)23-17-24(31)21(9-5-3-4-6-12-27(32)33)20(23)15-13-19(30)14-16-26-28(29)22-10-7-8-11-25(22)34-26/h3,5,7-8,10-11,13,15,18-21,23,30H,4,6,9,12,14,16-17H2,1-2H3,(H,32,33)/b5-3-,15-13+/t19?,20-,21-,23+/m1/s1. The summed E-state index contributed by atoms with van der Waals surface area (Å²) in [4.78, 5) is 24.5. The summed E-state index contributed by atoms with van der Waals surface area (Å²) in [6, 6.07) is 8.08. The van der Waals surface area contributed by atoms with Crippen LogP contribution < -0.4 is 0 Å². The van der Waals surface area contributed by atoms with Crippen molar-refractivity contribution < 1.29 is 19.8 Å². The first-order valence-electron chi connectivity index (χ1n) is 12.2. The van der Waals surface area contributed by atoms with Crippen molar-refractivity contribution in [3.63, 3.8) is 0 Å². The predicted octanol–water partition coefficient (Wildman–Crippen LogP) is 7.08. The molecule has 0 spiro atoms. The molecule has 1 aliphatic rings. The van der Waals surface area contributed by atoms with Gasteiger partial charge in [-0.15, -0.1) is 11.3 Å². The molecule has 2 N–H and O–H groups in total. The number of carboxylic acids is 1. The lowest BCUT2D eigenvalue weighted by Gasteiger charge is -2.23. The fourth-order valence-corrected chi connectivity index (χ4v) is 6.41. The van der Waals surface area contributed by atoms with E-state index in [2.05, 4.69) is 26.0 Å². The third kappa shape index (κ3) is 7.03. The van der Waals surface area contributed by atoms with Gasteiger partial charge >= 0.3 is 5.97 Å². The first kappa shape index (κ1) is 26.7. The first-order chi connectivity index (χ1) is 16.3. The van der Waals surface area contributed by atoms with E-state index >= 15 is 0 Å². The molecule has 0 amide bonds. The highest BCUT2D eigenvalue weighted by atomic mass is 35.5. The summed E-state index contributed by atoms with van der Waals surface area (Å²) in [6.45, 7) is 4.31. The van der Waals surface area contributed by atoms with Gasteiger partial charge in [0.25, 0.3) is 0 Å². The topological polar surface area (TPSA) is 74.6 Å². The SMILES string of the molecule is CC(C)[C@@H]1CC(=O)[C@H](C/C=C\CCCC(=O)O)[C@H]1/C=C/C(O)CCc1sc2ccccc2c1Cl. The Bertz CT molecular complexity index is 1040. The fraction of sp³-hybridized carbons (Fsp3) is 0.500. The highest BCUT2D eigenvalue weighted by Crippen LogP contribution is 2.42. The average molecular weight is 503 g/mol. The van der Waals surface area contributed by atoms with Crippen LogP contribution in [0.1, 0.15) is 57.2 Å². The summed E-state index contributed by atoms with van der Waals surface area (Å²) in [5.74, 6) is 0.200. The van der Waals surface area contributed by atoms with E-state index in [0.717, 1.165) is 20.0 Å². The molecule has 4 atom stereocenters. The second-order valence-electron chi connectivity index (χ2n) is 9.58. The molecule has 1 aromatic carbocycles. The van der Waals surface area contributed by atoms with Crippen molar-refractivity contribution >= 4 is 44.8 Å². The van der Waals surface area contributed by atoms with E-state index in [1.165, 1.54) is 0 Å². The van der Waals surface area contributed by atoms with E-state index < -0.39 is 12.1 Å². The molecule has 6 heteroatoms. The molecule has 2 aromatic rings. The van der Waals surface area contributed by atoms with Crippen LogP contribution in [0, 0.1) is 23.7 Å². The van der Waals surface area contributed by atoms with Crippen LogP contribution in [0.15, 0.2) is 48.6 Å². The zero-order valence-corrected chi connectivity index (χ0v) is 21.5. The summed E-state index contributed by atoms with van der Waals surface area (Å²) in [7, 11) is 0. The minimum absolute atomic E-state index is 0.0800. The molecule has 0 radical (unpaired) electrons. The maximum Gasteiger partial charge on any atom is 0.303 e. The summed E-state index contributed by atoms with van der Waals surface area (Å²) in [6.07, 6.45) is 11.4. The van der Waals surface area contributed by atoms with E-state index in [0.29, 0.717) is 44.4 Å². The van der Waals surface area contributed by atoms with E-state index in [4.69, 9.17) is 16.7 Å². The average Bonchev–Trinajstić information content (AvgIpc) is 3.29. The smallest absolute Gasteiger partial charge is 0.303 e. The number of aliphatic hydroxyl groups is 1. The van der Waals surface area contributed by atoms with Crippen molar-refractivity contribution in [2.45, 2.75) is 64.9 Å². The Balaban J connectivity index is 1.59. The third-order valence-electron chi connectivity index (χ3n) is 6.81. The summed E-state index contributed by atoms with van der Waals surface area (Å²) in [5, 5.41) is 21.3.